The molecule has 0 aromatic carbocycles. The molecular weight excluding hydrogens is 536 g/mol. The van der Waals surface area contributed by atoms with E-state index in [1.807, 2.05) is 0 Å². The maximum Gasteiger partial charge on any atom is 0.306 e. The SMILES string of the molecule is CCCC/C=C/C/C=C/CCCCCCCC(=O)OC[C@H](CO)OC(=O)CCCCCCCCC/C=C/CCCCCC. The Morgan fingerprint density at radius 3 is 1.47 bits per heavy atom. The van der Waals surface area contributed by atoms with Gasteiger partial charge in [0, 0.05) is 12.8 Å². The molecule has 43 heavy (non-hydrogen) atoms. The molecule has 0 unspecified atom stereocenters. The Balaban J connectivity index is 3.60. The second-order valence-electron chi connectivity index (χ2n) is 11.9. The third-order valence-electron chi connectivity index (χ3n) is 7.66. The highest BCUT2D eigenvalue weighted by atomic mass is 16.6. The molecule has 0 aromatic heterocycles. The van der Waals surface area contributed by atoms with E-state index in [9.17, 15) is 14.7 Å². The summed E-state index contributed by atoms with van der Waals surface area (Å²) in [6.45, 7) is 4.06. The van der Waals surface area contributed by atoms with Crippen LogP contribution in [0.25, 0.3) is 0 Å². The van der Waals surface area contributed by atoms with Gasteiger partial charge < -0.3 is 14.6 Å². The lowest BCUT2D eigenvalue weighted by molar-refractivity contribution is -0.161. The van der Waals surface area contributed by atoms with Crippen molar-refractivity contribution in [3.05, 3.63) is 36.5 Å². The summed E-state index contributed by atoms with van der Waals surface area (Å²) in [4.78, 5) is 24.2. The largest absolute Gasteiger partial charge is 0.462 e. The third-order valence-corrected chi connectivity index (χ3v) is 7.66. The highest BCUT2D eigenvalue weighted by Gasteiger charge is 2.16. The topological polar surface area (TPSA) is 72.8 Å². The normalized spacial score (nSPS) is 12.5. The Bertz CT molecular complexity index is 696. The smallest absolute Gasteiger partial charge is 0.306 e. The number of allylic oxidation sites excluding steroid dienone is 6. The van der Waals surface area contributed by atoms with E-state index in [4.69, 9.17) is 9.47 Å². The van der Waals surface area contributed by atoms with Crippen LogP contribution in [-0.2, 0) is 19.1 Å². The summed E-state index contributed by atoms with van der Waals surface area (Å²) in [6.07, 6.45) is 40.5. The van der Waals surface area contributed by atoms with Gasteiger partial charge in [-0.3, -0.25) is 9.59 Å². The van der Waals surface area contributed by atoms with Crippen molar-refractivity contribution in [2.24, 2.45) is 0 Å². The zero-order valence-corrected chi connectivity index (χ0v) is 28.2. The van der Waals surface area contributed by atoms with Gasteiger partial charge in [-0.25, -0.2) is 0 Å². The molecule has 0 heterocycles. The zero-order chi connectivity index (χ0) is 31.5. The molecule has 0 bridgehead atoms. The monoisotopic (exact) mass is 605 g/mol. The Kier molecular flexibility index (Phi) is 33.1. The van der Waals surface area contributed by atoms with E-state index in [1.54, 1.807) is 0 Å². The van der Waals surface area contributed by atoms with Crippen molar-refractivity contribution in [3.8, 4) is 0 Å². The molecule has 0 amide bonds. The Hall–Kier alpha value is -1.88. The molecular formula is C38H68O5. The highest BCUT2D eigenvalue weighted by Crippen LogP contribution is 2.12. The summed E-state index contributed by atoms with van der Waals surface area (Å²) in [5, 5.41) is 9.52. The fourth-order valence-corrected chi connectivity index (χ4v) is 4.86. The van der Waals surface area contributed by atoms with Crippen LogP contribution in [0.1, 0.15) is 174 Å². The molecule has 0 aliphatic rings. The molecule has 0 spiro atoms. The van der Waals surface area contributed by atoms with E-state index >= 15 is 0 Å². The van der Waals surface area contributed by atoms with Gasteiger partial charge in [-0.05, 0) is 64.2 Å². The van der Waals surface area contributed by atoms with Crippen LogP contribution in [0, 0.1) is 0 Å². The van der Waals surface area contributed by atoms with E-state index in [0.29, 0.717) is 12.8 Å². The quantitative estimate of drug-likeness (QED) is 0.0470. The molecule has 0 saturated heterocycles. The first-order chi connectivity index (χ1) is 21.1. The number of hydrogen-bond donors (Lipinski definition) is 1. The van der Waals surface area contributed by atoms with Crippen LogP contribution in [0.5, 0.6) is 0 Å². The average molecular weight is 605 g/mol. The standard InChI is InChI=1S/C38H68O5/c1-3-5-7-9-11-13-15-17-19-21-23-25-27-29-31-33-38(41)43-36(34-39)35-42-37(40)32-30-28-26-24-22-20-18-16-14-12-10-8-6-4-2/h10,12-13,15-16,18,36,39H,3-9,11,14,17,19-35H2,1-2H3/b12-10+,15-13+,18-16+/t36-/m0/s1. The minimum absolute atomic E-state index is 0.0742. The molecule has 0 saturated carbocycles. The zero-order valence-electron chi connectivity index (χ0n) is 28.2. The summed E-state index contributed by atoms with van der Waals surface area (Å²) in [5.74, 6) is -0.613. The predicted octanol–water partition coefficient (Wildman–Crippen LogP) is 10.9. The first kappa shape index (κ1) is 41.1. The first-order valence-electron chi connectivity index (χ1n) is 18.0. The van der Waals surface area contributed by atoms with Gasteiger partial charge in [0.25, 0.3) is 0 Å². The maximum absolute atomic E-state index is 12.1. The molecule has 0 fully saturated rings. The molecule has 0 rings (SSSR count). The van der Waals surface area contributed by atoms with Crippen molar-refractivity contribution in [1.29, 1.82) is 0 Å². The molecule has 250 valence electrons. The van der Waals surface area contributed by atoms with E-state index in [2.05, 4.69) is 50.3 Å². The molecule has 0 aliphatic heterocycles. The van der Waals surface area contributed by atoms with Crippen LogP contribution in [0.4, 0.5) is 0 Å². The predicted molar refractivity (Wildman–Crippen MR) is 182 cm³/mol. The average Bonchev–Trinajstić information content (AvgIpc) is 3.01. The van der Waals surface area contributed by atoms with Crippen molar-refractivity contribution in [2.75, 3.05) is 13.2 Å². The van der Waals surface area contributed by atoms with Crippen LogP contribution in [0.3, 0.4) is 0 Å². The number of aliphatic hydroxyl groups is 1. The van der Waals surface area contributed by atoms with E-state index in [-0.39, 0.29) is 25.2 Å². The minimum Gasteiger partial charge on any atom is -0.462 e. The Morgan fingerprint density at radius 1 is 0.535 bits per heavy atom. The first-order valence-corrected chi connectivity index (χ1v) is 18.0. The van der Waals surface area contributed by atoms with Gasteiger partial charge in [0.2, 0.25) is 0 Å². The van der Waals surface area contributed by atoms with Crippen molar-refractivity contribution in [2.45, 2.75) is 180 Å². The molecule has 0 aromatic rings. The lowest BCUT2D eigenvalue weighted by Gasteiger charge is -2.15. The van der Waals surface area contributed by atoms with Crippen molar-refractivity contribution in [3.63, 3.8) is 0 Å². The summed E-state index contributed by atoms with van der Waals surface area (Å²) >= 11 is 0. The van der Waals surface area contributed by atoms with E-state index in [1.165, 1.54) is 96.3 Å². The van der Waals surface area contributed by atoms with Crippen LogP contribution >= 0.6 is 0 Å². The lowest BCUT2D eigenvalue weighted by Crippen LogP contribution is -2.28. The van der Waals surface area contributed by atoms with E-state index in [0.717, 1.165) is 51.4 Å². The van der Waals surface area contributed by atoms with Crippen LogP contribution in [-0.4, -0.2) is 36.4 Å². The number of esters is 2. The fourth-order valence-electron chi connectivity index (χ4n) is 4.86. The molecule has 1 N–H and O–H groups in total. The van der Waals surface area contributed by atoms with Gasteiger partial charge in [0.05, 0.1) is 6.61 Å². The van der Waals surface area contributed by atoms with Gasteiger partial charge in [0.1, 0.15) is 6.61 Å². The highest BCUT2D eigenvalue weighted by molar-refractivity contribution is 5.70. The second kappa shape index (κ2) is 34.6. The minimum atomic E-state index is -0.776. The third kappa shape index (κ3) is 32.9. The van der Waals surface area contributed by atoms with Crippen LogP contribution in [0.2, 0.25) is 0 Å². The van der Waals surface area contributed by atoms with Gasteiger partial charge in [-0.2, -0.15) is 0 Å². The molecule has 0 radical (unpaired) electrons. The van der Waals surface area contributed by atoms with Gasteiger partial charge in [-0.15, -0.1) is 0 Å². The van der Waals surface area contributed by atoms with Crippen molar-refractivity contribution < 1.29 is 24.2 Å². The maximum atomic E-state index is 12.1. The summed E-state index contributed by atoms with van der Waals surface area (Å²) in [5.41, 5.74) is 0. The van der Waals surface area contributed by atoms with Crippen LogP contribution in [0.15, 0.2) is 36.5 Å². The second-order valence-corrected chi connectivity index (χ2v) is 11.9. The summed E-state index contributed by atoms with van der Waals surface area (Å²) in [6, 6.07) is 0. The summed E-state index contributed by atoms with van der Waals surface area (Å²) in [7, 11) is 0. The number of ether oxygens (including phenoxy) is 2. The van der Waals surface area contributed by atoms with Crippen molar-refractivity contribution in [1.82, 2.24) is 0 Å². The number of aliphatic hydroxyl groups excluding tert-OH is 1. The summed E-state index contributed by atoms with van der Waals surface area (Å²) < 4.78 is 10.6. The van der Waals surface area contributed by atoms with Gasteiger partial charge in [0.15, 0.2) is 6.10 Å². The van der Waals surface area contributed by atoms with Crippen LogP contribution < -0.4 is 0 Å². The number of rotatable bonds is 32. The molecule has 1 atom stereocenters. The van der Waals surface area contributed by atoms with Gasteiger partial charge in [-0.1, -0.05) is 134 Å². The Morgan fingerprint density at radius 2 is 0.953 bits per heavy atom. The number of carbonyl (C=O) groups excluding carboxylic acids is 2. The van der Waals surface area contributed by atoms with Crippen molar-refractivity contribution >= 4 is 11.9 Å². The number of unbranched alkanes of at least 4 members (excludes halogenated alkanes) is 18. The fraction of sp³-hybridized carbons (Fsp3) is 0.789. The van der Waals surface area contributed by atoms with E-state index < -0.39 is 6.10 Å². The molecule has 5 nitrogen and oxygen atoms in total. The molecule has 0 aliphatic carbocycles. The number of carbonyl (C=O) groups is 2. The van der Waals surface area contributed by atoms with Gasteiger partial charge >= 0.3 is 11.9 Å². The number of hydrogen-bond acceptors (Lipinski definition) is 5. The Labute approximate surface area is 266 Å². The molecule has 5 heteroatoms. The lowest BCUT2D eigenvalue weighted by atomic mass is 10.1.